The molecule has 0 saturated heterocycles. The van der Waals surface area contributed by atoms with Crippen LogP contribution in [0.25, 0.3) is 0 Å². The standard InChI is InChI=1S/C14H14BrFN2O/c1-9(10-5-11(16)8-17-7-10)18-12-3-4-14(19-2)13(15)6-12/h3-9,18H,1-2H3. The molecule has 2 rings (SSSR count). The van der Waals surface area contributed by atoms with Crippen LogP contribution in [0, 0.1) is 5.82 Å². The summed E-state index contributed by atoms with van der Waals surface area (Å²) in [5.41, 5.74) is 1.72. The van der Waals surface area contributed by atoms with E-state index in [1.165, 1.54) is 12.3 Å². The number of ether oxygens (including phenoxy) is 1. The molecule has 3 nitrogen and oxygen atoms in total. The molecular formula is C14H14BrFN2O. The molecule has 0 aliphatic rings. The topological polar surface area (TPSA) is 34.1 Å². The normalized spacial score (nSPS) is 12.0. The molecule has 100 valence electrons. The van der Waals surface area contributed by atoms with Crippen molar-refractivity contribution in [1.82, 2.24) is 4.98 Å². The first-order valence-electron chi connectivity index (χ1n) is 5.80. The molecule has 0 aliphatic heterocycles. The second-order valence-corrected chi connectivity index (χ2v) is 5.01. The van der Waals surface area contributed by atoms with Gasteiger partial charge in [-0.2, -0.15) is 0 Å². The summed E-state index contributed by atoms with van der Waals surface area (Å²) in [7, 11) is 1.62. The summed E-state index contributed by atoms with van der Waals surface area (Å²) in [6.07, 6.45) is 2.85. The second-order valence-electron chi connectivity index (χ2n) is 4.15. The van der Waals surface area contributed by atoms with Crippen molar-refractivity contribution in [2.45, 2.75) is 13.0 Å². The van der Waals surface area contributed by atoms with Crippen LogP contribution in [0.5, 0.6) is 5.75 Å². The lowest BCUT2D eigenvalue weighted by Gasteiger charge is -2.16. The third kappa shape index (κ3) is 3.44. The Bertz CT molecular complexity index is 577. The van der Waals surface area contributed by atoms with Crippen LogP contribution in [-0.2, 0) is 0 Å². The van der Waals surface area contributed by atoms with Crippen molar-refractivity contribution in [3.05, 3.63) is 52.5 Å². The SMILES string of the molecule is COc1ccc(NC(C)c2cncc(F)c2)cc1Br. The average molecular weight is 325 g/mol. The van der Waals surface area contributed by atoms with Gasteiger partial charge in [0.1, 0.15) is 11.6 Å². The van der Waals surface area contributed by atoms with Gasteiger partial charge in [-0.25, -0.2) is 4.39 Å². The highest BCUT2D eigenvalue weighted by Crippen LogP contribution is 2.29. The van der Waals surface area contributed by atoms with Gasteiger partial charge in [0.25, 0.3) is 0 Å². The number of nitrogens with one attached hydrogen (secondary N) is 1. The number of anilines is 1. The number of benzene rings is 1. The van der Waals surface area contributed by atoms with Crippen LogP contribution in [0.2, 0.25) is 0 Å². The van der Waals surface area contributed by atoms with Gasteiger partial charge < -0.3 is 10.1 Å². The summed E-state index contributed by atoms with van der Waals surface area (Å²) in [4.78, 5) is 3.85. The maximum atomic E-state index is 13.1. The van der Waals surface area contributed by atoms with Gasteiger partial charge in [-0.15, -0.1) is 0 Å². The van der Waals surface area contributed by atoms with Crippen molar-refractivity contribution in [2.24, 2.45) is 0 Å². The molecule has 0 saturated carbocycles. The van der Waals surface area contributed by atoms with E-state index in [0.717, 1.165) is 21.5 Å². The predicted molar refractivity (Wildman–Crippen MR) is 76.9 cm³/mol. The Morgan fingerprint density at radius 1 is 1.32 bits per heavy atom. The summed E-state index contributed by atoms with van der Waals surface area (Å²) in [5.74, 6) is 0.438. The summed E-state index contributed by atoms with van der Waals surface area (Å²) in [6.45, 7) is 1.95. The van der Waals surface area contributed by atoms with Gasteiger partial charge in [-0.05, 0) is 52.7 Å². The highest BCUT2D eigenvalue weighted by molar-refractivity contribution is 9.10. The number of rotatable bonds is 4. The molecule has 0 amide bonds. The van der Waals surface area contributed by atoms with Gasteiger partial charge in [0.15, 0.2) is 0 Å². The first-order valence-corrected chi connectivity index (χ1v) is 6.60. The summed E-state index contributed by atoms with van der Waals surface area (Å²) in [6, 6.07) is 7.13. The number of halogens is 2. The number of hydrogen-bond donors (Lipinski definition) is 1. The third-order valence-electron chi connectivity index (χ3n) is 2.76. The largest absolute Gasteiger partial charge is 0.496 e. The first kappa shape index (κ1) is 13.8. The molecule has 0 bridgehead atoms. The molecular weight excluding hydrogens is 311 g/mol. The Morgan fingerprint density at radius 2 is 2.11 bits per heavy atom. The van der Waals surface area contributed by atoms with Gasteiger partial charge in [-0.3, -0.25) is 4.98 Å². The zero-order valence-corrected chi connectivity index (χ0v) is 12.2. The van der Waals surface area contributed by atoms with Gasteiger partial charge in [0.2, 0.25) is 0 Å². The van der Waals surface area contributed by atoms with Gasteiger partial charge >= 0.3 is 0 Å². The summed E-state index contributed by atoms with van der Waals surface area (Å²) >= 11 is 3.43. The number of methoxy groups -OCH3 is 1. The van der Waals surface area contributed by atoms with Crippen LogP contribution in [0.4, 0.5) is 10.1 Å². The third-order valence-corrected chi connectivity index (χ3v) is 3.38. The second kappa shape index (κ2) is 6.02. The smallest absolute Gasteiger partial charge is 0.141 e. The van der Waals surface area contributed by atoms with Crippen molar-refractivity contribution >= 4 is 21.6 Å². The molecule has 0 radical (unpaired) electrons. The molecule has 1 aromatic carbocycles. The van der Waals surface area contributed by atoms with Crippen LogP contribution in [0.1, 0.15) is 18.5 Å². The Balaban J connectivity index is 2.14. The quantitative estimate of drug-likeness (QED) is 0.916. The summed E-state index contributed by atoms with van der Waals surface area (Å²) < 4.78 is 19.2. The van der Waals surface area contributed by atoms with Crippen molar-refractivity contribution in [2.75, 3.05) is 12.4 Å². The van der Waals surface area contributed by atoms with Crippen molar-refractivity contribution in [1.29, 1.82) is 0 Å². The van der Waals surface area contributed by atoms with Crippen LogP contribution in [-0.4, -0.2) is 12.1 Å². The van der Waals surface area contributed by atoms with E-state index >= 15 is 0 Å². The number of pyridine rings is 1. The number of aromatic nitrogens is 1. The van der Waals surface area contributed by atoms with Gasteiger partial charge in [0, 0.05) is 11.9 Å². The Morgan fingerprint density at radius 3 is 2.74 bits per heavy atom. The molecule has 19 heavy (non-hydrogen) atoms. The Labute approximate surface area is 119 Å². The van der Waals surface area contributed by atoms with Gasteiger partial charge in [-0.1, -0.05) is 0 Å². The maximum Gasteiger partial charge on any atom is 0.141 e. The molecule has 1 unspecified atom stereocenters. The summed E-state index contributed by atoms with van der Waals surface area (Å²) in [5, 5.41) is 3.29. The maximum absolute atomic E-state index is 13.1. The van der Waals surface area contributed by atoms with E-state index < -0.39 is 0 Å². The van der Waals surface area contributed by atoms with Crippen molar-refractivity contribution in [3.8, 4) is 5.75 Å². The molecule has 1 aromatic heterocycles. The first-order chi connectivity index (χ1) is 9.10. The Kier molecular flexibility index (Phi) is 4.37. The molecule has 0 spiro atoms. The van der Waals surface area contributed by atoms with Gasteiger partial charge in [0.05, 0.1) is 23.8 Å². The predicted octanol–water partition coefficient (Wildman–Crippen LogP) is 4.16. The van der Waals surface area contributed by atoms with Crippen LogP contribution < -0.4 is 10.1 Å². The monoisotopic (exact) mass is 324 g/mol. The minimum Gasteiger partial charge on any atom is -0.496 e. The molecule has 0 fully saturated rings. The van der Waals surface area contributed by atoms with E-state index in [1.54, 1.807) is 13.3 Å². The van der Waals surface area contributed by atoms with Crippen molar-refractivity contribution in [3.63, 3.8) is 0 Å². The van der Waals surface area contributed by atoms with E-state index in [2.05, 4.69) is 26.2 Å². The van der Waals surface area contributed by atoms with Crippen molar-refractivity contribution < 1.29 is 9.13 Å². The van der Waals surface area contributed by atoms with E-state index in [4.69, 9.17) is 4.74 Å². The minimum absolute atomic E-state index is 0.0384. The molecule has 0 aliphatic carbocycles. The van der Waals surface area contributed by atoms with E-state index in [9.17, 15) is 4.39 Å². The fourth-order valence-electron chi connectivity index (χ4n) is 1.75. The van der Waals surface area contributed by atoms with E-state index in [0.29, 0.717) is 0 Å². The van der Waals surface area contributed by atoms with Crippen LogP contribution >= 0.6 is 15.9 Å². The highest BCUT2D eigenvalue weighted by atomic mass is 79.9. The lowest BCUT2D eigenvalue weighted by Crippen LogP contribution is -2.07. The van der Waals surface area contributed by atoms with Crippen LogP contribution in [0.3, 0.4) is 0 Å². The lowest BCUT2D eigenvalue weighted by molar-refractivity contribution is 0.412. The molecule has 1 atom stereocenters. The molecule has 5 heteroatoms. The zero-order valence-electron chi connectivity index (χ0n) is 10.7. The zero-order chi connectivity index (χ0) is 13.8. The fourth-order valence-corrected chi connectivity index (χ4v) is 2.30. The molecule has 1 heterocycles. The highest BCUT2D eigenvalue weighted by Gasteiger charge is 2.08. The van der Waals surface area contributed by atoms with E-state index in [-0.39, 0.29) is 11.9 Å². The lowest BCUT2D eigenvalue weighted by atomic mass is 10.1. The molecule has 1 N–H and O–H groups in total. The average Bonchev–Trinajstić information content (AvgIpc) is 2.39. The Hall–Kier alpha value is -1.62. The number of nitrogens with zero attached hydrogens (tertiary/aromatic N) is 1. The minimum atomic E-state index is -0.331. The number of hydrogen-bond acceptors (Lipinski definition) is 3. The van der Waals surface area contributed by atoms with Crippen LogP contribution in [0.15, 0.2) is 41.1 Å². The fraction of sp³-hybridized carbons (Fsp3) is 0.214. The van der Waals surface area contributed by atoms with E-state index in [1.807, 2.05) is 25.1 Å². The molecule has 2 aromatic rings.